The van der Waals surface area contributed by atoms with Crippen LogP contribution in [-0.2, 0) is 0 Å². The highest BCUT2D eigenvalue weighted by molar-refractivity contribution is 5.94. The van der Waals surface area contributed by atoms with Crippen LogP contribution in [0, 0.1) is 0 Å². The van der Waals surface area contributed by atoms with Gasteiger partial charge in [-0.25, -0.2) is 4.98 Å². The molecule has 0 fully saturated rings. The predicted molar refractivity (Wildman–Crippen MR) is 129 cm³/mol. The van der Waals surface area contributed by atoms with E-state index < -0.39 is 0 Å². The lowest BCUT2D eigenvalue weighted by molar-refractivity contribution is 0.0793. The number of methoxy groups -OCH3 is 1. The van der Waals surface area contributed by atoms with Crippen LogP contribution >= 0.6 is 0 Å². The summed E-state index contributed by atoms with van der Waals surface area (Å²) in [6.07, 6.45) is -0.336. The SMILES string of the molecule is COc1cccc(-c2cccc3c2O[C@@H](CNC(=O)c2ccc(OCCN(C)C)cc2)CO3)n1. The van der Waals surface area contributed by atoms with Crippen LogP contribution in [0.5, 0.6) is 23.1 Å². The number of ether oxygens (including phenoxy) is 4. The molecule has 2 heterocycles. The molecule has 1 aromatic heterocycles. The van der Waals surface area contributed by atoms with Crippen LogP contribution in [0.1, 0.15) is 10.4 Å². The highest BCUT2D eigenvalue weighted by Crippen LogP contribution is 2.40. The number of pyridine rings is 1. The Bertz CT molecular complexity index is 1120. The van der Waals surface area contributed by atoms with Crippen LogP contribution in [0.25, 0.3) is 11.3 Å². The van der Waals surface area contributed by atoms with Gasteiger partial charge in [0.2, 0.25) is 5.88 Å². The second-order valence-electron chi connectivity index (χ2n) is 8.14. The quantitative estimate of drug-likeness (QED) is 0.522. The highest BCUT2D eigenvalue weighted by Gasteiger charge is 2.25. The minimum atomic E-state index is -0.336. The van der Waals surface area contributed by atoms with Gasteiger partial charge >= 0.3 is 0 Å². The van der Waals surface area contributed by atoms with Crippen LogP contribution < -0.4 is 24.3 Å². The summed E-state index contributed by atoms with van der Waals surface area (Å²) in [5, 5.41) is 2.93. The zero-order chi connectivity index (χ0) is 23.9. The monoisotopic (exact) mass is 463 g/mol. The Kier molecular flexibility index (Phi) is 7.49. The van der Waals surface area contributed by atoms with E-state index in [1.165, 1.54) is 0 Å². The molecule has 0 bridgehead atoms. The number of carbonyl (C=O) groups excluding carboxylic acids is 1. The Morgan fingerprint density at radius 2 is 1.91 bits per heavy atom. The lowest BCUT2D eigenvalue weighted by Gasteiger charge is -2.28. The average Bonchev–Trinajstić information content (AvgIpc) is 2.87. The molecule has 4 rings (SSSR count). The van der Waals surface area contributed by atoms with Gasteiger partial charge in [0, 0.05) is 23.7 Å². The molecule has 0 unspecified atom stereocenters. The molecule has 1 aliphatic rings. The number of amides is 1. The van der Waals surface area contributed by atoms with E-state index in [1.807, 2.05) is 49.3 Å². The maximum atomic E-state index is 12.6. The fourth-order valence-electron chi connectivity index (χ4n) is 3.47. The summed E-state index contributed by atoms with van der Waals surface area (Å²) >= 11 is 0. The van der Waals surface area contributed by atoms with E-state index in [-0.39, 0.29) is 12.0 Å². The average molecular weight is 464 g/mol. The molecule has 8 heteroatoms. The number of nitrogens with zero attached hydrogens (tertiary/aromatic N) is 2. The number of aromatic nitrogens is 1. The van der Waals surface area contributed by atoms with Crippen molar-refractivity contribution < 1.29 is 23.7 Å². The Hall–Kier alpha value is -3.78. The second-order valence-corrected chi connectivity index (χ2v) is 8.14. The Morgan fingerprint density at radius 3 is 2.68 bits per heavy atom. The van der Waals surface area contributed by atoms with Crippen molar-refractivity contribution in [2.45, 2.75) is 6.10 Å². The van der Waals surface area contributed by atoms with Gasteiger partial charge in [0.25, 0.3) is 5.91 Å². The van der Waals surface area contributed by atoms with E-state index in [2.05, 4.69) is 10.3 Å². The van der Waals surface area contributed by atoms with Gasteiger partial charge in [0.15, 0.2) is 11.5 Å². The molecule has 34 heavy (non-hydrogen) atoms. The normalized spacial score (nSPS) is 14.5. The van der Waals surface area contributed by atoms with E-state index in [1.54, 1.807) is 37.4 Å². The number of hydrogen-bond donors (Lipinski definition) is 1. The summed E-state index contributed by atoms with van der Waals surface area (Å²) in [6.45, 7) is 2.05. The maximum absolute atomic E-state index is 12.6. The number of rotatable bonds is 9. The van der Waals surface area contributed by atoms with Crippen molar-refractivity contribution in [3.05, 3.63) is 66.2 Å². The van der Waals surface area contributed by atoms with Gasteiger partial charge in [-0.1, -0.05) is 12.1 Å². The van der Waals surface area contributed by atoms with Crippen LogP contribution in [0.3, 0.4) is 0 Å². The first-order valence-electron chi connectivity index (χ1n) is 11.1. The molecule has 0 saturated carbocycles. The van der Waals surface area contributed by atoms with Crippen LogP contribution in [0.15, 0.2) is 60.7 Å². The molecule has 0 saturated heterocycles. The summed E-state index contributed by atoms with van der Waals surface area (Å²) in [6, 6.07) is 18.3. The largest absolute Gasteiger partial charge is 0.492 e. The van der Waals surface area contributed by atoms with Crippen molar-refractivity contribution in [2.24, 2.45) is 0 Å². The van der Waals surface area contributed by atoms with Gasteiger partial charge in [-0.05, 0) is 56.6 Å². The van der Waals surface area contributed by atoms with E-state index in [0.29, 0.717) is 42.7 Å². The van der Waals surface area contributed by atoms with Gasteiger partial charge in [0.1, 0.15) is 25.1 Å². The van der Waals surface area contributed by atoms with Crippen molar-refractivity contribution in [3.8, 4) is 34.4 Å². The fraction of sp³-hybridized carbons (Fsp3) is 0.308. The number of nitrogens with one attached hydrogen (secondary N) is 1. The molecule has 1 aliphatic heterocycles. The topological polar surface area (TPSA) is 82.2 Å². The summed E-state index contributed by atoms with van der Waals surface area (Å²) in [4.78, 5) is 19.2. The number of carbonyl (C=O) groups is 1. The highest BCUT2D eigenvalue weighted by atomic mass is 16.6. The smallest absolute Gasteiger partial charge is 0.251 e. The fourth-order valence-corrected chi connectivity index (χ4v) is 3.47. The van der Waals surface area contributed by atoms with Crippen molar-refractivity contribution in [2.75, 3.05) is 47.5 Å². The first-order chi connectivity index (χ1) is 16.5. The Labute approximate surface area is 199 Å². The summed E-state index contributed by atoms with van der Waals surface area (Å²) in [7, 11) is 5.57. The van der Waals surface area contributed by atoms with Gasteiger partial charge in [-0.3, -0.25) is 4.79 Å². The molecular formula is C26H29N3O5. The van der Waals surface area contributed by atoms with Gasteiger partial charge in [-0.2, -0.15) is 0 Å². The van der Waals surface area contributed by atoms with Crippen molar-refractivity contribution >= 4 is 5.91 Å². The maximum Gasteiger partial charge on any atom is 0.251 e. The van der Waals surface area contributed by atoms with E-state index >= 15 is 0 Å². The van der Waals surface area contributed by atoms with Crippen molar-refractivity contribution in [1.82, 2.24) is 15.2 Å². The first-order valence-corrected chi connectivity index (χ1v) is 11.1. The molecule has 1 N–H and O–H groups in total. The van der Waals surface area contributed by atoms with Crippen LogP contribution in [0.2, 0.25) is 0 Å². The number of likely N-dealkylation sites (N-methyl/N-ethyl adjacent to an activating group) is 1. The lowest BCUT2D eigenvalue weighted by atomic mass is 10.1. The van der Waals surface area contributed by atoms with Gasteiger partial charge < -0.3 is 29.2 Å². The van der Waals surface area contributed by atoms with Crippen molar-refractivity contribution in [3.63, 3.8) is 0 Å². The number of para-hydroxylation sites is 1. The van der Waals surface area contributed by atoms with Gasteiger partial charge in [0.05, 0.1) is 19.3 Å². The molecule has 1 atom stereocenters. The summed E-state index contributed by atoms with van der Waals surface area (Å²) in [5.74, 6) is 2.32. The van der Waals surface area contributed by atoms with Crippen LogP contribution in [-0.4, -0.2) is 69.4 Å². The third-order valence-electron chi connectivity index (χ3n) is 5.31. The molecule has 0 spiro atoms. The lowest BCUT2D eigenvalue weighted by Crippen LogP contribution is -2.40. The third kappa shape index (κ3) is 5.77. The minimum Gasteiger partial charge on any atom is -0.492 e. The Morgan fingerprint density at radius 1 is 1.12 bits per heavy atom. The van der Waals surface area contributed by atoms with E-state index in [4.69, 9.17) is 18.9 Å². The van der Waals surface area contributed by atoms with E-state index in [0.717, 1.165) is 23.6 Å². The molecule has 0 aliphatic carbocycles. The second kappa shape index (κ2) is 10.9. The molecule has 1 amide bonds. The number of fused-ring (bicyclic) bond motifs is 1. The standard InChI is InChI=1S/C26H29N3O5/c1-29(2)14-15-32-19-12-10-18(11-13-19)26(30)27-16-20-17-33-23-8-4-6-21(25(23)34-20)22-7-5-9-24(28-22)31-3/h4-13,20H,14-17H2,1-3H3,(H,27,30)/t20-/m0/s1. The summed E-state index contributed by atoms with van der Waals surface area (Å²) < 4.78 is 23.0. The molecule has 2 aromatic carbocycles. The molecule has 178 valence electrons. The molecule has 8 nitrogen and oxygen atoms in total. The Balaban J connectivity index is 1.37. The molecular weight excluding hydrogens is 434 g/mol. The zero-order valence-corrected chi connectivity index (χ0v) is 19.6. The minimum absolute atomic E-state index is 0.183. The number of hydrogen-bond acceptors (Lipinski definition) is 7. The molecule has 3 aromatic rings. The van der Waals surface area contributed by atoms with Gasteiger partial charge in [-0.15, -0.1) is 0 Å². The zero-order valence-electron chi connectivity index (χ0n) is 19.6. The van der Waals surface area contributed by atoms with Crippen molar-refractivity contribution in [1.29, 1.82) is 0 Å². The molecule has 0 radical (unpaired) electrons. The van der Waals surface area contributed by atoms with Crippen LogP contribution in [0.4, 0.5) is 0 Å². The predicted octanol–water partition coefficient (Wildman–Crippen LogP) is 3.27. The summed E-state index contributed by atoms with van der Waals surface area (Å²) in [5.41, 5.74) is 2.08. The van der Waals surface area contributed by atoms with E-state index in [9.17, 15) is 4.79 Å². The first kappa shape index (κ1) is 23.4. The number of benzene rings is 2. The third-order valence-corrected chi connectivity index (χ3v) is 5.31.